The van der Waals surface area contributed by atoms with Crippen molar-refractivity contribution in [2.75, 3.05) is 13.1 Å². The molecule has 3 rings (SSSR count). The van der Waals surface area contributed by atoms with Crippen molar-refractivity contribution in [2.24, 2.45) is 0 Å². The van der Waals surface area contributed by atoms with Crippen LogP contribution in [0.2, 0.25) is 0 Å². The average molecular weight is 329 g/mol. The highest BCUT2D eigenvalue weighted by Crippen LogP contribution is 2.30. The third-order valence-corrected chi connectivity index (χ3v) is 5.03. The molecule has 1 N–H and O–H groups in total. The van der Waals surface area contributed by atoms with Crippen molar-refractivity contribution < 1.29 is 14.7 Å². The molecule has 1 aromatic carbocycles. The third-order valence-electron chi connectivity index (χ3n) is 4.33. The Morgan fingerprint density at radius 2 is 2.00 bits per heavy atom. The highest BCUT2D eigenvalue weighted by Gasteiger charge is 2.24. The minimum absolute atomic E-state index is 0.000933. The molecule has 1 aliphatic heterocycles. The van der Waals surface area contributed by atoms with Crippen LogP contribution >= 0.6 is 11.3 Å². The molecule has 23 heavy (non-hydrogen) atoms. The van der Waals surface area contributed by atoms with Crippen LogP contribution in [0, 0.1) is 0 Å². The smallest absolute Gasteiger partial charge is 0.307 e. The number of benzene rings is 1. The Labute approximate surface area is 139 Å². The normalized spacial score (nSPS) is 15.6. The second-order valence-electron chi connectivity index (χ2n) is 5.89. The maximum absolute atomic E-state index is 12.6. The number of thiophene rings is 1. The van der Waals surface area contributed by atoms with Gasteiger partial charge >= 0.3 is 5.97 Å². The lowest BCUT2D eigenvalue weighted by atomic mass is 9.91. The maximum atomic E-state index is 12.6. The monoisotopic (exact) mass is 329 g/mol. The largest absolute Gasteiger partial charge is 0.481 e. The second-order valence-corrected chi connectivity index (χ2v) is 6.67. The third kappa shape index (κ3) is 3.79. The Hall–Kier alpha value is -2.14. The number of likely N-dealkylation sites (tertiary alicyclic amines) is 1. The molecule has 1 amide bonds. The predicted octanol–water partition coefficient (Wildman–Crippen LogP) is 3.40. The first-order valence-corrected chi connectivity index (χ1v) is 8.70. The summed E-state index contributed by atoms with van der Waals surface area (Å²) in [5.74, 6) is -0.337. The summed E-state index contributed by atoms with van der Waals surface area (Å²) in [6, 6.07) is 9.12. The summed E-state index contributed by atoms with van der Waals surface area (Å²) in [6.45, 7) is 1.50. The van der Waals surface area contributed by atoms with Crippen molar-refractivity contribution in [1.29, 1.82) is 0 Å². The summed E-state index contributed by atoms with van der Waals surface area (Å²) in [7, 11) is 0. The summed E-state index contributed by atoms with van der Waals surface area (Å²) in [6.07, 6.45) is 1.91. The summed E-state index contributed by atoms with van der Waals surface area (Å²) in [5.41, 5.74) is 2.62. The molecule has 0 bridgehead atoms. The van der Waals surface area contributed by atoms with E-state index in [1.54, 1.807) is 35.6 Å². The number of carbonyl (C=O) groups is 2. The molecular formula is C18H19NO3S. The van der Waals surface area contributed by atoms with Gasteiger partial charge in [0.15, 0.2) is 0 Å². The van der Waals surface area contributed by atoms with Gasteiger partial charge in [-0.25, -0.2) is 0 Å². The number of carbonyl (C=O) groups excluding carboxylic acids is 1. The Morgan fingerprint density at radius 3 is 2.65 bits per heavy atom. The van der Waals surface area contributed by atoms with E-state index in [0.29, 0.717) is 17.0 Å². The first-order valence-electron chi connectivity index (χ1n) is 7.75. The van der Waals surface area contributed by atoms with Crippen molar-refractivity contribution >= 4 is 23.2 Å². The highest BCUT2D eigenvalue weighted by molar-refractivity contribution is 7.07. The summed E-state index contributed by atoms with van der Waals surface area (Å²) in [4.78, 5) is 25.3. The fraction of sp³-hybridized carbons (Fsp3) is 0.333. The van der Waals surface area contributed by atoms with Crippen molar-refractivity contribution in [3.63, 3.8) is 0 Å². The molecule has 5 heteroatoms. The number of carboxylic acid groups (broad SMARTS) is 1. The van der Waals surface area contributed by atoms with Crippen molar-refractivity contribution in [3.05, 3.63) is 57.8 Å². The van der Waals surface area contributed by atoms with Crippen LogP contribution in [0.25, 0.3) is 0 Å². The van der Waals surface area contributed by atoms with Gasteiger partial charge in [0, 0.05) is 18.7 Å². The van der Waals surface area contributed by atoms with E-state index >= 15 is 0 Å². The summed E-state index contributed by atoms with van der Waals surface area (Å²) >= 11 is 1.72. The van der Waals surface area contributed by atoms with Crippen LogP contribution in [-0.2, 0) is 11.2 Å². The molecule has 4 nitrogen and oxygen atoms in total. The number of hydrogen-bond donors (Lipinski definition) is 1. The van der Waals surface area contributed by atoms with E-state index in [0.717, 1.165) is 25.9 Å². The summed E-state index contributed by atoms with van der Waals surface area (Å²) < 4.78 is 0. The Kier molecular flexibility index (Phi) is 4.76. The van der Waals surface area contributed by atoms with Crippen LogP contribution in [0.15, 0.2) is 41.1 Å². The fourth-order valence-electron chi connectivity index (χ4n) is 3.09. The van der Waals surface area contributed by atoms with E-state index in [9.17, 15) is 9.59 Å². The quantitative estimate of drug-likeness (QED) is 0.935. The summed E-state index contributed by atoms with van der Waals surface area (Å²) in [5, 5.41) is 13.2. The lowest BCUT2D eigenvalue weighted by Crippen LogP contribution is -2.37. The van der Waals surface area contributed by atoms with E-state index in [-0.39, 0.29) is 12.3 Å². The second kappa shape index (κ2) is 6.96. The lowest BCUT2D eigenvalue weighted by molar-refractivity contribution is -0.136. The number of nitrogens with zero attached hydrogens (tertiary/aromatic N) is 1. The topological polar surface area (TPSA) is 57.6 Å². The van der Waals surface area contributed by atoms with Gasteiger partial charge in [-0.3, -0.25) is 9.59 Å². The van der Waals surface area contributed by atoms with Crippen LogP contribution in [0.3, 0.4) is 0 Å². The molecule has 1 aliphatic rings. The van der Waals surface area contributed by atoms with Gasteiger partial charge < -0.3 is 10.0 Å². The fourth-order valence-corrected chi connectivity index (χ4v) is 3.84. The zero-order valence-corrected chi connectivity index (χ0v) is 13.6. The first-order chi connectivity index (χ1) is 11.1. The average Bonchev–Trinajstić information content (AvgIpc) is 3.08. The van der Waals surface area contributed by atoms with Crippen molar-refractivity contribution in [3.8, 4) is 0 Å². The minimum Gasteiger partial charge on any atom is -0.481 e. The highest BCUT2D eigenvalue weighted by atomic mass is 32.1. The van der Waals surface area contributed by atoms with Crippen LogP contribution in [0.5, 0.6) is 0 Å². The Balaban J connectivity index is 1.64. The van der Waals surface area contributed by atoms with E-state index in [1.165, 1.54) is 5.56 Å². The molecule has 0 radical (unpaired) electrons. The van der Waals surface area contributed by atoms with Crippen LogP contribution in [0.1, 0.15) is 40.2 Å². The SMILES string of the molecule is O=C(O)Cc1cccc(C(=O)N2CCC(c3ccsc3)CC2)c1. The van der Waals surface area contributed by atoms with Gasteiger partial charge in [0.25, 0.3) is 5.91 Å². The maximum Gasteiger partial charge on any atom is 0.307 e. The van der Waals surface area contributed by atoms with Gasteiger partial charge in [-0.2, -0.15) is 11.3 Å². The van der Waals surface area contributed by atoms with Crippen molar-refractivity contribution in [1.82, 2.24) is 4.90 Å². The van der Waals surface area contributed by atoms with Gasteiger partial charge in [-0.15, -0.1) is 0 Å². The zero-order valence-electron chi connectivity index (χ0n) is 12.8. The minimum atomic E-state index is -0.883. The van der Waals surface area contributed by atoms with E-state index in [4.69, 9.17) is 5.11 Å². The standard InChI is InChI=1S/C18H19NO3S/c20-17(21)11-13-2-1-3-15(10-13)18(22)19-7-4-14(5-8-19)16-6-9-23-12-16/h1-3,6,9-10,12,14H,4-5,7-8,11H2,(H,20,21). The molecule has 2 aromatic rings. The van der Waals surface area contributed by atoms with Gasteiger partial charge in [-0.1, -0.05) is 12.1 Å². The molecule has 2 heterocycles. The van der Waals surface area contributed by atoms with Crippen LogP contribution in [-0.4, -0.2) is 35.0 Å². The molecule has 1 aromatic heterocycles. The van der Waals surface area contributed by atoms with Gasteiger partial charge in [-0.05, 0) is 58.8 Å². The van der Waals surface area contributed by atoms with Gasteiger partial charge in [0.2, 0.25) is 0 Å². The molecule has 0 saturated carbocycles. The predicted molar refractivity (Wildman–Crippen MR) is 90.0 cm³/mol. The molecule has 1 fully saturated rings. The van der Waals surface area contributed by atoms with Crippen LogP contribution in [0.4, 0.5) is 0 Å². The number of amides is 1. The van der Waals surface area contributed by atoms with E-state index in [1.807, 2.05) is 4.90 Å². The molecule has 0 unspecified atom stereocenters. The number of piperidine rings is 1. The van der Waals surface area contributed by atoms with Crippen molar-refractivity contribution in [2.45, 2.75) is 25.2 Å². The van der Waals surface area contributed by atoms with E-state index in [2.05, 4.69) is 16.8 Å². The van der Waals surface area contributed by atoms with Gasteiger partial charge in [0.05, 0.1) is 6.42 Å². The molecular weight excluding hydrogens is 310 g/mol. The number of carboxylic acids is 1. The first kappa shape index (κ1) is 15.7. The van der Waals surface area contributed by atoms with Crippen LogP contribution < -0.4 is 0 Å². The lowest BCUT2D eigenvalue weighted by Gasteiger charge is -2.32. The number of aliphatic carboxylic acids is 1. The zero-order chi connectivity index (χ0) is 16.2. The molecule has 0 atom stereocenters. The molecule has 0 aliphatic carbocycles. The molecule has 1 saturated heterocycles. The van der Waals surface area contributed by atoms with E-state index < -0.39 is 5.97 Å². The number of hydrogen-bond acceptors (Lipinski definition) is 3. The molecule has 0 spiro atoms. The number of rotatable bonds is 4. The Morgan fingerprint density at radius 1 is 1.22 bits per heavy atom. The Bertz CT molecular complexity index is 688. The van der Waals surface area contributed by atoms with Gasteiger partial charge in [0.1, 0.15) is 0 Å². The molecule has 120 valence electrons.